The van der Waals surface area contributed by atoms with Gasteiger partial charge in [0.15, 0.2) is 0 Å². The molecule has 72 valence electrons. The number of aromatic nitrogens is 2. The van der Waals surface area contributed by atoms with Crippen LogP contribution in [0.5, 0.6) is 0 Å². The Morgan fingerprint density at radius 3 is 2.54 bits per heavy atom. The SMILES string of the molecule is CCn1cc(C(C)C)c(=O)[nH]c1=O. The third-order valence-corrected chi connectivity index (χ3v) is 2.00. The molecule has 0 aliphatic carbocycles. The zero-order valence-corrected chi connectivity index (χ0v) is 8.13. The van der Waals surface area contributed by atoms with Crippen molar-refractivity contribution in [1.29, 1.82) is 0 Å². The number of nitrogens with one attached hydrogen (secondary N) is 1. The Labute approximate surface area is 76.2 Å². The summed E-state index contributed by atoms with van der Waals surface area (Å²) in [6.45, 7) is 6.29. The predicted molar refractivity (Wildman–Crippen MR) is 51.1 cm³/mol. The van der Waals surface area contributed by atoms with Gasteiger partial charge in [-0.3, -0.25) is 9.78 Å². The van der Waals surface area contributed by atoms with E-state index >= 15 is 0 Å². The fraction of sp³-hybridized carbons (Fsp3) is 0.556. The average Bonchev–Trinajstić information content (AvgIpc) is 2.03. The number of aryl methyl sites for hydroxylation is 1. The Hall–Kier alpha value is -1.32. The van der Waals surface area contributed by atoms with Crippen LogP contribution in [0.15, 0.2) is 15.8 Å². The van der Waals surface area contributed by atoms with Gasteiger partial charge in [-0.25, -0.2) is 4.79 Å². The molecule has 0 spiro atoms. The highest BCUT2D eigenvalue weighted by Crippen LogP contribution is 2.06. The van der Waals surface area contributed by atoms with Crippen molar-refractivity contribution in [1.82, 2.24) is 9.55 Å². The summed E-state index contributed by atoms with van der Waals surface area (Å²) in [6.07, 6.45) is 1.63. The lowest BCUT2D eigenvalue weighted by Crippen LogP contribution is -2.31. The maximum Gasteiger partial charge on any atom is 0.328 e. The Morgan fingerprint density at radius 2 is 2.08 bits per heavy atom. The highest BCUT2D eigenvalue weighted by atomic mass is 16.2. The highest BCUT2D eigenvalue weighted by Gasteiger charge is 2.06. The summed E-state index contributed by atoms with van der Waals surface area (Å²) in [5.74, 6) is 0.141. The minimum absolute atomic E-state index is 0.141. The van der Waals surface area contributed by atoms with Crippen molar-refractivity contribution in [3.63, 3.8) is 0 Å². The van der Waals surface area contributed by atoms with Crippen molar-refractivity contribution in [3.05, 3.63) is 32.6 Å². The van der Waals surface area contributed by atoms with E-state index in [0.29, 0.717) is 12.1 Å². The predicted octanol–water partition coefficient (Wildman–Crippen LogP) is 0.680. The van der Waals surface area contributed by atoms with Gasteiger partial charge in [-0.05, 0) is 12.8 Å². The Morgan fingerprint density at radius 1 is 1.46 bits per heavy atom. The van der Waals surface area contributed by atoms with Crippen LogP contribution in [0.1, 0.15) is 32.3 Å². The average molecular weight is 182 g/mol. The molecule has 0 bridgehead atoms. The first-order valence-electron chi connectivity index (χ1n) is 4.40. The van der Waals surface area contributed by atoms with Crippen molar-refractivity contribution in [2.75, 3.05) is 0 Å². The van der Waals surface area contributed by atoms with Gasteiger partial charge in [-0.2, -0.15) is 0 Å². The van der Waals surface area contributed by atoms with Crippen LogP contribution in [0.4, 0.5) is 0 Å². The first kappa shape index (κ1) is 9.77. The quantitative estimate of drug-likeness (QED) is 0.731. The number of nitrogens with zero attached hydrogens (tertiary/aromatic N) is 1. The normalized spacial score (nSPS) is 10.8. The van der Waals surface area contributed by atoms with Crippen LogP contribution in [0.2, 0.25) is 0 Å². The van der Waals surface area contributed by atoms with Crippen LogP contribution in [0, 0.1) is 0 Å². The van der Waals surface area contributed by atoms with Gasteiger partial charge in [0, 0.05) is 18.3 Å². The highest BCUT2D eigenvalue weighted by molar-refractivity contribution is 5.09. The maximum atomic E-state index is 11.3. The molecule has 1 heterocycles. The smallest absolute Gasteiger partial charge is 0.301 e. The molecule has 0 saturated heterocycles. The van der Waals surface area contributed by atoms with E-state index in [1.54, 1.807) is 6.20 Å². The second kappa shape index (κ2) is 3.60. The molecular weight excluding hydrogens is 168 g/mol. The molecule has 0 amide bonds. The summed E-state index contributed by atoms with van der Waals surface area (Å²) in [6, 6.07) is 0. The lowest BCUT2D eigenvalue weighted by Gasteiger charge is -2.06. The van der Waals surface area contributed by atoms with Crippen LogP contribution in [0.25, 0.3) is 0 Å². The third-order valence-electron chi connectivity index (χ3n) is 2.00. The van der Waals surface area contributed by atoms with Gasteiger partial charge in [0.05, 0.1) is 0 Å². The van der Waals surface area contributed by atoms with E-state index in [0.717, 1.165) is 0 Å². The number of hydrogen-bond donors (Lipinski definition) is 1. The lowest BCUT2D eigenvalue weighted by molar-refractivity contribution is 0.669. The molecule has 1 rings (SSSR count). The van der Waals surface area contributed by atoms with Crippen molar-refractivity contribution in [2.24, 2.45) is 0 Å². The first-order chi connectivity index (χ1) is 6.06. The molecule has 0 fully saturated rings. The summed E-state index contributed by atoms with van der Waals surface area (Å²) in [5, 5.41) is 0. The third kappa shape index (κ3) is 1.88. The van der Waals surface area contributed by atoms with E-state index in [2.05, 4.69) is 4.98 Å². The zero-order chi connectivity index (χ0) is 10.0. The summed E-state index contributed by atoms with van der Waals surface area (Å²) >= 11 is 0. The molecule has 0 saturated carbocycles. The van der Waals surface area contributed by atoms with E-state index in [4.69, 9.17) is 0 Å². The minimum atomic E-state index is -0.336. The monoisotopic (exact) mass is 182 g/mol. The minimum Gasteiger partial charge on any atom is -0.301 e. The number of rotatable bonds is 2. The van der Waals surface area contributed by atoms with Crippen LogP contribution >= 0.6 is 0 Å². The van der Waals surface area contributed by atoms with Gasteiger partial charge in [0.1, 0.15) is 0 Å². The lowest BCUT2D eigenvalue weighted by atomic mass is 10.1. The second-order valence-electron chi connectivity index (χ2n) is 3.28. The summed E-state index contributed by atoms with van der Waals surface area (Å²) in [4.78, 5) is 24.7. The standard InChI is InChI=1S/C9H14N2O2/c1-4-11-5-7(6(2)3)8(12)10-9(11)13/h5-6H,4H2,1-3H3,(H,10,12,13). The van der Waals surface area contributed by atoms with E-state index in [1.165, 1.54) is 4.57 Å². The second-order valence-corrected chi connectivity index (χ2v) is 3.28. The van der Waals surface area contributed by atoms with E-state index < -0.39 is 0 Å². The largest absolute Gasteiger partial charge is 0.328 e. The van der Waals surface area contributed by atoms with Crippen LogP contribution in [-0.2, 0) is 6.54 Å². The van der Waals surface area contributed by atoms with E-state index in [1.807, 2.05) is 20.8 Å². The van der Waals surface area contributed by atoms with Gasteiger partial charge in [0.25, 0.3) is 5.56 Å². The van der Waals surface area contributed by atoms with Crippen molar-refractivity contribution >= 4 is 0 Å². The van der Waals surface area contributed by atoms with Gasteiger partial charge in [-0.15, -0.1) is 0 Å². The fourth-order valence-electron chi connectivity index (χ4n) is 1.17. The van der Waals surface area contributed by atoms with Gasteiger partial charge >= 0.3 is 5.69 Å². The van der Waals surface area contributed by atoms with Gasteiger partial charge in [0.2, 0.25) is 0 Å². The van der Waals surface area contributed by atoms with E-state index in [-0.39, 0.29) is 17.2 Å². The number of aromatic amines is 1. The number of hydrogen-bond acceptors (Lipinski definition) is 2. The van der Waals surface area contributed by atoms with Crippen molar-refractivity contribution in [2.45, 2.75) is 33.2 Å². The molecule has 0 atom stereocenters. The van der Waals surface area contributed by atoms with Crippen LogP contribution < -0.4 is 11.2 Å². The first-order valence-corrected chi connectivity index (χ1v) is 4.40. The molecule has 0 aromatic carbocycles. The molecule has 1 aromatic rings. The molecule has 13 heavy (non-hydrogen) atoms. The van der Waals surface area contributed by atoms with E-state index in [9.17, 15) is 9.59 Å². The Balaban J connectivity index is 3.40. The maximum absolute atomic E-state index is 11.3. The fourth-order valence-corrected chi connectivity index (χ4v) is 1.17. The summed E-state index contributed by atoms with van der Waals surface area (Å²) < 4.78 is 1.50. The molecule has 0 aliphatic heterocycles. The molecule has 4 nitrogen and oxygen atoms in total. The molecule has 0 radical (unpaired) electrons. The zero-order valence-electron chi connectivity index (χ0n) is 8.13. The van der Waals surface area contributed by atoms with Crippen LogP contribution in [-0.4, -0.2) is 9.55 Å². The molecule has 0 unspecified atom stereocenters. The molecule has 0 aliphatic rings. The Kier molecular flexibility index (Phi) is 2.70. The van der Waals surface area contributed by atoms with Gasteiger partial charge in [-0.1, -0.05) is 13.8 Å². The Bertz CT molecular complexity index is 401. The van der Waals surface area contributed by atoms with Crippen LogP contribution in [0.3, 0.4) is 0 Å². The number of H-pyrrole nitrogens is 1. The van der Waals surface area contributed by atoms with Crippen molar-refractivity contribution < 1.29 is 0 Å². The molecule has 1 aromatic heterocycles. The summed E-state index contributed by atoms with van der Waals surface area (Å²) in [5.41, 5.74) is 0.0445. The molecule has 4 heteroatoms. The summed E-state index contributed by atoms with van der Waals surface area (Å²) in [7, 11) is 0. The topological polar surface area (TPSA) is 54.9 Å². The van der Waals surface area contributed by atoms with Crippen molar-refractivity contribution in [3.8, 4) is 0 Å². The molecular formula is C9H14N2O2. The van der Waals surface area contributed by atoms with Gasteiger partial charge < -0.3 is 4.57 Å². The molecule has 1 N–H and O–H groups in total.